The fraction of sp³-hybridized carbons (Fsp3) is 0.562. The molecule has 4 heteroatoms. The molecule has 20 heavy (non-hydrogen) atoms. The molecule has 0 radical (unpaired) electrons. The summed E-state index contributed by atoms with van der Waals surface area (Å²) in [5.41, 5.74) is 0.0753. The van der Waals surface area contributed by atoms with Crippen molar-refractivity contribution in [3.63, 3.8) is 0 Å². The van der Waals surface area contributed by atoms with Crippen LogP contribution in [0, 0.1) is 0 Å². The first kappa shape index (κ1) is 16.3. The third-order valence-electron chi connectivity index (χ3n) is 3.40. The van der Waals surface area contributed by atoms with Crippen molar-refractivity contribution in [2.24, 2.45) is 0 Å². The van der Waals surface area contributed by atoms with Crippen molar-refractivity contribution in [3.05, 3.63) is 17.7 Å². The van der Waals surface area contributed by atoms with E-state index in [0.717, 1.165) is 31.4 Å². The van der Waals surface area contributed by atoms with Crippen LogP contribution in [-0.2, 0) is 0 Å². The Morgan fingerprint density at radius 3 is 2.05 bits per heavy atom. The van der Waals surface area contributed by atoms with Crippen molar-refractivity contribution in [2.75, 3.05) is 0 Å². The number of phenolic OH excluding ortho intramolecular Hbond substituents is 3. The van der Waals surface area contributed by atoms with Crippen LogP contribution in [0.3, 0.4) is 0 Å². The van der Waals surface area contributed by atoms with E-state index in [9.17, 15) is 20.1 Å². The molecule has 1 aromatic rings. The zero-order chi connectivity index (χ0) is 15.0. The van der Waals surface area contributed by atoms with E-state index < -0.39 is 5.75 Å². The molecule has 0 fully saturated rings. The highest BCUT2D eigenvalue weighted by Crippen LogP contribution is 2.33. The Balaban J connectivity index is 2.34. The molecule has 0 unspecified atom stereocenters. The van der Waals surface area contributed by atoms with E-state index in [0.29, 0.717) is 6.42 Å². The van der Waals surface area contributed by atoms with Crippen LogP contribution in [0.4, 0.5) is 0 Å². The number of carbonyl (C=O) groups excluding carboxylic acids is 1. The van der Waals surface area contributed by atoms with E-state index in [2.05, 4.69) is 6.92 Å². The van der Waals surface area contributed by atoms with Gasteiger partial charge in [-0.15, -0.1) is 0 Å². The molecular weight excluding hydrogens is 256 g/mol. The van der Waals surface area contributed by atoms with Crippen LogP contribution in [0.1, 0.15) is 68.6 Å². The van der Waals surface area contributed by atoms with Crippen LogP contribution in [0.5, 0.6) is 17.2 Å². The Labute approximate surface area is 120 Å². The number of aromatic hydroxyl groups is 3. The van der Waals surface area contributed by atoms with Crippen molar-refractivity contribution >= 4 is 5.78 Å². The van der Waals surface area contributed by atoms with Gasteiger partial charge in [0.1, 0.15) is 5.75 Å². The van der Waals surface area contributed by atoms with Crippen LogP contribution in [0.2, 0.25) is 0 Å². The molecule has 0 aromatic heterocycles. The molecule has 1 rings (SSSR count). The summed E-state index contributed by atoms with van der Waals surface area (Å²) in [5, 5.41) is 28.1. The molecule has 0 amide bonds. The molecule has 1 aromatic carbocycles. The van der Waals surface area contributed by atoms with Gasteiger partial charge in [0.2, 0.25) is 0 Å². The molecule has 0 atom stereocenters. The van der Waals surface area contributed by atoms with E-state index >= 15 is 0 Å². The standard InChI is InChI=1S/C16H24O4/c1-2-3-4-5-6-7-8-9-13(17)12-10-15(19)16(20)11-14(12)18/h10-11,18-20H,2-9H2,1H3. The van der Waals surface area contributed by atoms with Crippen molar-refractivity contribution in [1.29, 1.82) is 0 Å². The highest BCUT2D eigenvalue weighted by atomic mass is 16.3. The number of benzene rings is 1. The zero-order valence-electron chi connectivity index (χ0n) is 12.1. The number of hydrogen-bond donors (Lipinski definition) is 3. The Morgan fingerprint density at radius 2 is 1.40 bits per heavy atom. The first-order chi connectivity index (χ1) is 9.56. The predicted octanol–water partition coefficient (Wildman–Crippen LogP) is 4.13. The quantitative estimate of drug-likeness (QED) is 0.275. The molecule has 4 nitrogen and oxygen atoms in total. The van der Waals surface area contributed by atoms with Crippen LogP contribution in [-0.4, -0.2) is 21.1 Å². The van der Waals surface area contributed by atoms with Crippen molar-refractivity contribution < 1.29 is 20.1 Å². The molecule has 0 heterocycles. The summed E-state index contributed by atoms with van der Waals surface area (Å²) in [7, 11) is 0. The smallest absolute Gasteiger partial charge is 0.166 e. The van der Waals surface area contributed by atoms with Gasteiger partial charge in [-0.25, -0.2) is 0 Å². The van der Waals surface area contributed by atoms with Crippen molar-refractivity contribution in [2.45, 2.75) is 58.3 Å². The van der Waals surface area contributed by atoms with E-state index in [1.165, 1.54) is 25.7 Å². The minimum atomic E-state index is -0.421. The van der Waals surface area contributed by atoms with Gasteiger partial charge in [-0.05, 0) is 12.5 Å². The summed E-state index contributed by atoms with van der Waals surface area (Å²) in [6, 6.07) is 2.11. The molecule has 0 aliphatic rings. The number of unbranched alkanes of at least 4 members (excludes halogenated alkanes) is 6. The molecule has 3 N–H and O–H groups in total. The average Bonchev–Trinajstić information content (AvgIpc) is 2.41. The first-order valence-electron chi connectivity index (χ1n) is 7.34. The third kappa shape index (κ3) is 5.11. The van der Waals surface area contributed by atoms with Crippen LogP contribution in [0.25, 0.3) is 0 Å². The Hall–Kier alpha value is -1.71. The van der Waals surface area contributed by atoms with Gasteiger partial charge in [0.05, 0.1) is 5.56 Å². The van der Waals surface area contributed by atoms with Gasteiger partial charge >= 0.3 is 0 Å². The second kappa shape index (κ2) is 8.46. The molecule has 0 aliphatic heterocycles. The van der Waals surface area contributed by atoms with Gasteiger partial charge in [0.15, 0.2) is 17.3 Å². The number of phenols is 3. The lowest BCUT2D eigenvalue weighted by molar-refractivity contribution is 0.0976. The second-order valence-corrected chi connectivity index (χ2v) is 5.15. The fourth-order valence-corrected chi connectivity index (χ4v) is 2.17. The molecule has 0 aliphatic carbocycles. The fourth-order valence-electron chi connectivity index (χ4n) is 2.17. The largest absolute Gasteiger partial charge is 0.507 e. The molecule has 112 valence electrons. The summed E-state index contributed by atoms with van der Waals surface area (Å²) < 4.78 is 0. The van der Waals surface area contributed by atoms with E-state index in [1.807, 2.05) is 0 Å². The van der Waals surface area contributed by atoms with Crippen LogP contribution in [0.15, 0.2) is 12.1 Å². The van der Waals surface area contributed by atoms with Crippen molar-refractivity contribution in [3.8, 4) is 17.2 Å². The van der Waals surface area contributed by atoms with E-state index in [1.54, 1.807) is 0 Å². The maximum Gasteiger partial charge on any atom is 0.166 e. The number of carbonyl (C=O) groups is 1. The summed E-state index contributed by atoms with van der Waals surface area (Å²) in [4.78, 5) is 11.9. The first-order valence-corrected chi connectivity index (χ1v) is 7.34. The number of hydrogen-bond acceptors (Lipinski definition) is 4. The maximum atomic E-state index is 11.9. The molecule has 0 saturated carbocycles. The Bertz CT molecular complexity index is 440. The summed E-state index contributed by atoms with van der Waals surface area (Å²) in [6.45, 7) is 2.18. The minimum absolute atomic E-state index is 0.0753. The van der Waals surface area contributed by atoms with Gasteiger partial charge in [0.25, 0.3) is 0 Å². The van der Waals surface area contributed by atoms with Crippen molar-refractivity contribution in [1.82, 2.24) is 0 Å². The van der Waals surface area contributed by atoms with Crippen LogP contribution >= 0.6 is 0 Å². The summed E-state index contributed by atoms with van der Waals surface area (Å²) in [6.07, 6.45) is 8.20. The predicted molar refractivity (Wildman–Crippen MR) is 78.4 cm³/mol. The van der Waals surface area contributed by atoms with Gasteiger partial charge in [0, 0.05) is 12.5 Å². The Morgan fingerprint density at radius 1 is 0.850 bits per heavy atom. The maximum absolute atomic E-state index is 11.9. The number of ketones is 1. The van der Waals surface area contributed by atoms with Gasteiger partial charge < -0.3 is 15.3 Å². The SMILES string of the molecule is CCCCCCCCCC(=O)c1cc(O)c(O)cc1O. The number of Topliss-reactive ketones (excluding diaryl/α,β-unsaturated/α-hetero) is 1. The van der Waals surface area contributed by atoms with Gasteiger partial charge in [-0.1, -0.05) is 45.4 Å². The lowest BCUT2D eigenvalue weighted by atomic mass is 10.0. The number of rotatable bonds is 9. The van der Waals surface area contributed by atoms with E-state index in [4.69, 9.17) is 0 Å². The molecule has 0 bridgehead atoms. The Kier molecular flexibility index (Phi) is 6.91. The monoisotopic (exact) mass is 280 g/mol. The summed E-state index contributed by atoms with van der Waals surface area (Å²) >= 11 is 0. The lowest BCUT2D eigenvalue weighted by Gasteiger charge is -2.06. The van der Waals surface area contributed by atoms with Gasteiger partial charge in [-0.2, -0.15) is 0 Å². The normalized spacial score (nSPS) is 10.7. The second-order valence-electron chi connectivity index (χ2n) is 5.15. The molecular formula is C16H24O4. The highest BCUT2D eigenvalue weighted by Gasteiger charge is 2.14. The van der Waals surface area contributed by atoms with Gasteiger partial charge in [-0.3, -0.25) is 4.79 Å². The minimum Gasteiger partial charge on any atom is -0.507 e. The topological polar surface area (TPSA) is 77.8 Å². The summed E-state index contributed by atoms with van der Waals surface area (Å²) in [5.74, 6) is -1.29. The lowest BCUT2D eigenvalue weighted by Crippen LogP contribution is -1.99. The van der Waals surface area contributed by atoms with E-state index in [-0.39, 0.29) is 22.8 Å². The van der Waals surface area contributed by atoms with Crippen LogP contribution < -0.4 is 0 Å². The average molecular weight is 280 g/mol. The molecule has 0 saturated heterocycles. The molecule has 0 spiro atoms. The zero-order valence-corrected chi connectivity index (χ0v) is 12.1. The third-order valence-corrected chi connectivity index (χ3v) is 3.40. The highest BCUT2D eigenvalue weighted by molar-refractivity contribution is 5.99.